The summed E-state index contributed by atoms with van der Waals surface area (Å²) >= 11 is 0. The first-order valence-electron chi connectivity index (χ1n) is 7.81. The number of rotatable bonds is 4. The molecule has 24 heavy (non-hydrogen) atoms. The van der Waals surface area contributed by atoms with Gasteiger partial charge < -0.3 is 13.9 Å². The Kier molecular flexibility index (Phi) is 3.74. The van der Waals surface area contributed by atoms with Crippen molar-refractivity contribution in [2.75, 3.05) is 13.2 Å². The van der Waals surface area contributed by atoms with Crippen molar-refractivity contribution in [3.63, 3.8) is 0 Å². The van der Waals surface area contributed by atoms with Crippen molar-refractivity contribution < 1.29 is 18.7 Å². The molecule has 1 aromatic carbocycles. The van der Waals surface area contributed by atoms with Gasteiger partial charge in [0.15, 0.2) is 11.4 Å². The molecule has 3 aromatic rings. The number of benzene rings is 1. The Balaban J connectivity index is 1.65. The highest BCUT2D eigenvalue weighted by atomic mass is 16.5. The standard InChI is InChI=1S/C18H16N2O4/c1-11(21)16-8-12(4-6-19-16)18-20-15-3-2-13(9-17(15)24-18)23-14-5-7-22-10-14/h2-4,6,8-9,14H,5,7,10H2,1H3. The molecule has 0 bridgehead atoms. The third-order valence-electron chi connectivity index (χ3n) is 3.92. The average Bonchev–Trinajstić information content (AvgIpc) is 3.24. The molecule has 6 heteroatoms. The number of hydrogen-bond donors (Lipinski definition) is 0. The predicted octanol–water partition coefficient (Wildman–Crippen LogP) is 3.26. The van der Waals surface area contributed by atoms with Gasteiger partial charge in [-0.1, -0.05) is 0 Å². The van der Waals surface area contributed by atoms with E-state index in [1.807, 2.05) is 18.2 Å². The van der Waals surface area contributed by atoms with E-state index in [4.69, 9.17) is 13.9 Å². The molecule has 1 saturated heterocycles. The summed E-state index contributed by atoms with van der Waals surface area (Å²) in [6.45, 7) is 2.83. The first kappa shape index (κ1) is 14.8. The van der Waals surface area contributed by atoms with Gasteiger partial charge in [-0.05, 0) is 24.3 Å². The molecular formula is C18H16N2O4. The van der Waals surface area contributed by atoms with Gasteiger partial charge in [0.1, 0.15) is 23.1 Å². The number of hydrogen-bond acceptors (Lipinski definition) is 6. The van der Waals surface area contributed by atoms with E-state index in [0.717, 1.165) is 29.9 Å². The van der Waals surface area contributed by atoms with Gasteiger partial charge in [-0.2, -0.15) is 0 Å². The van der Waals surface area contributed by atoms with E-state index < -0.39 is 0 Å². The molecule has 0 saturated carbocycles. The first-order chi connectivity index (χ1) is 11.7. The quantitative estimate of drug-likeness (QED) is 0.686. The number of Topliss-reactive ketones (excluding diaryl/α,β-unsaturated/α-hetero) is 1. The number of fused-ring (bicyclic) bond motifs is 1. The minimum absolute atomic E-state index is 0.0863. The van der Waals surface area contributed by atoms with E-state index in [9.17, 15) is 4.79 Å². The summed E-state index contributed by atoms with van der Waals surface area (Å²) in [5.74, 6) is 1.10. The second-order valence-electron chi connectivity index (χ2n) is 5.74. The molecule has 1 aliphatic heterocycles. The third kappa shape index (κ3) is 2.88. The Morgan fingerprint density at radius 1 is 1.29 bits per heavy atom. The lowest BCUT2D eigenvalue weighted by molar-refractivity contribution is 0.101. The van der Waals surface area contributed by atoms with Crippen LogP contribution in [0.1, 0.15) is 23.8 Å². The van der Waals surface area contributed by atoms with Gasteiger partial charge in [0.05, 0.1) is 13.2 Å². The second-order valence-corrected chi connectivity index (χ2v) is 5.74. The van der Waals surface area contributed by atoms with E-state index >= 15 is 0 Å². The number of ether oxygens (including phenoxy) is 2. The third-order valence-corrected chi connectivity index (χ3v) is 3.92. The van der Waals surface area contributed by atoms with Gasteiger partial charge in [0.2, 0.25) is 5.89 Å². The monoisotopic (exact) mass is 324 g/mol. The van der Waals surface area contributed by atoms with Crippen LogP contribution in [0.3, 0.4) is 0 Å². The number of oxazole rings is 1. The smallest absolute Gasteiger partial charge is 0.227 e. The van der Waals surface area contributed by atoms with Gasteiger partial charge in [-0.15, -0.1) is 0 Å². The predicted molar refractivity (Wildman–Crippen MR) is 87.1 cm³/mol. The zero-order valence-corrected chi connectivity index (χ0v) is 13.2. The van der Waals surface area contributed by atoms with Crippen LogP contribution >= 0.6 is 0 Å². The lowest BCUT2D eigenvalue weighted by Gasteiger charge is -2.10. The zero-order chi connectivity index (χ0) is 16.5. The molecule has 1 aliphatic rings. The molecule has 0 amide bonds. The Hall–Kier alpha value is -2.73. The number of carbonyl (C=O) groups is 1. The summed E-state index contributed by atoms with van der Waals surface area (Å²) in [6.07, 6.45) is 2.56. The van der Waals surface area contributed by atoms with Crippen LogP contribution in [0.2, 0.25) is 0 Å². The van der Waals surface area contributed by atoms with E-state index in [0.29, 0.717) is 23.8 Å². The molecule has 0 spiro atoms. The molecular weight excluding hydrogens is 308 g/mol. The molecule has 6 nitrogen and oxygen atoms in total. The summed E-state index contributed by atoms with van der Waals surface area (Å²) in [5, 5.41) is 0. The van der Waals surface area contributed by atoms with E-state index in [2.05, 4.69) is 9.97 Å². The fraction of sp³-hybridized carbons (Fsp3) is 0.278. The summed E-state index contributed by atoms with van der Waals surface area (Å²) in [6, 6.07) is 9.02. The molecule has 4 rings (SSSR count). The normalized spacial score (nSPS) is 17.3. The fourth-order valence-corrected chi connectivity index (χ4v) is 2.66. The number of nitrogens with zero attached hydrogens (tertiary/aromatic N) is 2. The molecule has 1 atom stereocenters. The number of aromatic nitrogens is 2. The van der Waals surface area contributed by atoms with Crippen LogP contribution in [0.4, 0.5) is 0 Å². The molecule has 122 valence electrons. The molecule has 0 radical (unpaired) electrons. The van der Waals surface area contributed by atoms with Crippen LogP contribution in [0, 0.1) is 0 Å². The van der Waals surface area contributed by atoms with E-state index in [1.54, 1.807) is 18.3 Å². The molecule has 1 unspecified atom stereocenters. The Morgan fingerprint density at radius 3 is 3.00 bits per heavy atom. The summed E-state index contributed by atoms with van der Waals surface area (Å²) < 4.78 is 17.0. The van der Waals surface area contributed by atoms with Crippen LogP contribution in [0.25, 0.3) is 22.6 Å². The first-order valence-corrected chi connectivity index (χ1v) is 7.81. The van der Waals surface area contributed by atoms with Gasteiger partial charge in [0, 0.05) is 31.2 Å². The zero-order valence-electron chi connectivity index (χ0n) is 13.2. The largest absolute Gasteiger partial charge is 0.488 e. The van der Waals surface area contributed by atoms with Crippen LogP contribution in [0.5, 0.6) is 5.75 Å². The van der Waals surface area contributed by atoms with E-state index in [1.165, 1.54) is 6.92 Å². The number of pyridine rings is 1. The van der Waals surface area contributed by atoms with Gasteiger partial charge in [-0.3, -0.25) is 9.78 Å². The van der Waals surface area contributed by atoms with Crippen molar-refractivity contribution >= 4 is 16.9 Å². The maximum Gasteiger partial charge on any atom is 0.227 e. The minimum Gasteiger partial charge on any atom is -0.488 e. The van der Waals surface area contributed by atoms with Crippen LogP contribution < -0.4 is 4.74 Å². The van der Waals surface area contributed by atoms with Crippen LogP contribution in [-0.2, 0) is 4.74 Å². The highest BCUT2D eigenvalue weighted by Crippen LogP contribution is 2.28. The summed E-state index contributed by atoms with van der Waals surface area (Å²) in [4.78, 5) is 20.0. The Bertz CT molecular complexity index is 897. The lowest BCUT2D eigenvalue weighted by Crippen LogP contribution is -2.15. The maximum absolute atomic E-state index is 11.5. The highest BCUT2D eigenvalue weighted by molar-refractivity contribution is 5.93. The number of carbonyl (C=O) groups excluding carboxylic acids is 1. The molecule has 1 fully saturated rings. The van der Waals surface area contributed by atoms with Gasteiger partial charge >= 0.3 is 0 Å². The molecule has 2 aromatic heterocycles. The topological polar surface area (TPSA) is 74.5 Å². The molecule has 0 aliphatic carbocycles. The maximum atomic E-state index is 11.5. The van der Waals surface area contributed by atoms with Crippen molar-refractivity contribution in [1.82, 2.24) is 9.97 Å². The van der Waals surface area contributed by atoms with Crippen molar-refractivity contribution in [3.05, 3.63) is 42.2 Å². The molecule has 3 heterocycles. The van der Waals surface area contributed by atoms with Crippen molar-refractivity contribution in [2.45, 2.75) is 19.4 Å². The lowest BCUT2D eigenvalue weighted by atomic mass is 10.2. The summed E-state index contributed by atoms with van der Waals surface area (Å²) in [5.41, 5.74) is 2.49. The van der Waals surface area contributed by atoms with Crippen molar-refractivity contribution in [1.29, 1.82) is 0 Å². The minimum atomic E-state index is -0.0950. The van der Waals surface area contributed by atoms with Gasteiger partial charge in [-0.25, -0.2) is 4.98 Å². The van der Waals surface area contributed by atoms with Crippen molar-refractivity contribution in [3.8, 4) is 17.2 Å². The second kappa shape index (κ2) is 6.05. The van der Waals surface area contributed by atoms with Gasteiger partial charge in [0.25, 0.3) is 0 Å². The highest BCUT2D eigenvalue weighted by Gasteiger charge is 2.18. The fourth-order valence-electron chi connectivity index (χ4n) is 2.66. The van der Waals surface area contributed by atoms with Crippen LogP contribution in [0.15, 0.2) is 40.9 Å². The van der Waals surface area contributed by atoms with E-state index in [-0.39, 0.29) is 11.9 Å². The summed E-state index contributed by atoms with van der Waals surface area (Å²) in [7, 11) is 0. The Labute approximate surface area is 138 Å². The molecule has 0 N–H and O–H groups in total. The SMILES string of the molecule is CC(=O)c1cc(-c2nc3ccc(OC4CCOC4)cc3o2)ccn1. The number of ketones is 1. The average molecular weight is 324 g/mol. The van der Waals surface area contributed by atoms with Crippen molar-refractivity contribution in [2.24, 2.45) is 0 Å². The van der Waals surface area contributed by atoms with Crippen LogP contribution in [-0.4, -0.2) is 35.1 Å². The Morgan fingerprint density at radius 2 is 2.21 bits per heavy atom.